The second-order valence-corrected chi connectivity index (χ2v) is 5.83. The Labute approximate surface area is 164 Å². The molecule has 0 bridgehead atoms. The Morgan fingerprint density at radius 2 is 1.10 bits per heavy atom. The van der Waals surface area contributed by atoms with Gasteiger partial charge in [0.2, 0.25) is 29.5 Å². The van der Waals surface area contributed by atoms with E-state index in [0.29, 0.717) is 0 Å². The van der Waals surface area contributed by atoms with Gasteiger partial charge in [-0.3, -0.25) is 24.0 Å². The van der Waals surface area contributed by atoms with Crippen molar-refractivity contribution >= 4 is 35.5 Å². The lowest BCUT2D eigenvalue weighted by Gasteiger charge is -2.23. The standard InChI is InChI=1S/C14H24N6O9/c15-5(3-21)11(25)18-6(1-9(16)23)12(26)20-8(4-22)13(27)19-7(14(28)29)2-10(17)24/h5-8,21-22H,1-4,15H2,(H2,16,23)(H2,17,24)(H,18,25)(H,19,27)(H,20,26)(H,28,29). The van der Waals surface area contributed by atoms with Crippen molar-refractivity contribution < 1.29 is 44.1 Å². The van der Waals surface area contributed by atoms with Crippen molar-refractivity contribution in [3.05, 3.63) is 0 Å². The summed E-state index contributed by atoms with van der Waals surface area (Å²) in [5.74, 6) is -6.90. The summed E-state index contributed by atoms with van der Waals surface area (Å²) in [6.45, 7) is -1.75. The van der Waals surface area contributed by atoms with Crippen LogP contribution < -0.4 is 33.2 Å². The molecule has 4 unspecified atom stereocenters. The molecule has 12 N–H and O–H groups in total. The van der Waals surface area contributed by atoms with Crippen LogP contribution in [0.4, 0.5) is 0 Å². The molecule has 0 aliphatic rings. The third-order valence-corrected chi connectivity index (χ3v) is 3.41. The van der Waals surface area contributed by atoms with Crippen LogP contribution in [0.25, 0.3) is 0 Å². The lowest BCUT2D eigenvalue weighted by Crippen LogP contribution is -2.59. The van der Waals surface area contributed by atoms with E-state index in [1.807, 2.05) is 16.0 Å². The number of rotatable bonds is 13. The Hall–Kier alpha value is -3.30. The first-order valence-corrected chi connectivity index (χ1v) is 8.10. The van der Waals surface area contributed by atoms with Gasteiger partial charge in [-0.1, -0.05) is 0 Å². The summed E-state index contributed by atoms with van der Waals surface area (Å²) in [5.41, 5.74) is 15.2. The van der Waals surface area contributed by atoms with Gasteiger partial charge in [-0.2, -0.15) is 0 Å². The average molecular weight is 420 g/mol. The van der Waals surface area contributed by atoms with Crippen LogP contribution in [0.5, 0.6) is 0 Å². The van der Waals surface area contributed by atoms with Gasteiger partial charge in [0.25, 0.3) is 0 Å². The Morgan fingerprint density at radius 3 is 1.52 bits per heavy atom. The van der Waals surface area contributed by atoms with E-state index in [-0.39, 0.29) is 0 Å². The molecule has 0 fully saturated rings. The molecule has 0 spiro atoms. The van der Waals surface area contributed by atoms with E-state index < -0.39 is 85.7 Å². The minimum atomic E-state index is -1.71. The smallest absolute Gasteiger partial charge is 0.326 e. The maximum atomic E-state index is 12.3. The lowest BCUT2D eigenvalue weighted by molar-refractivity contribution is -0.144. The van der Waals surface area contributed by atoms with E-state index in [1.165, 1.54) is 0 Å². The third-order valence-electron chi connectivity index (χ3n) is 3.41. The number of aliphatic hydroxyl groups excluding tert-OH is 2. The lowest BCUT2D eigenvalue weighted by atomic mass is 10.1. The molecule has 0 heterocycles. The van der Waals surface area contributed by atoms with Crippen LogP contribution in [0.3, 0.4) is 0 Å². The molecule has 29 heavy (non-hydrogen) atoms. The SMILES string of the molecule is NC(=O)CC(NC(=O)C(CO)NC(=O)C(CC(N)=O)NC(=O)C(N)CO)C(=O)O. The number of hydrogen-bond donors (Lipinski definition) is 9. The van der Waals surface area contributed by atoms with E-state index in [1.54, 1.807) is 0 Å². The number of aliphatic hydroxyl groups is 2. The van der Waals surface area contributed by atoms with Gasteiger partial charge in [0.05, 0.1) is 26.1 Å². The van der Waals surface area contributed by atoms with E-state index in [4.69, 9.17) is 27.4 Å². The summed E-state index contributed by atoms with van der Waals surface area (Å²) in [7, 11) is 0. The van der Waals surface area contributed by atoms with Crippen LogP contribution in [0.1, 0.15) is 12.8 Å². The summed E-state index contributed by atoms with van der Waals surface area (Å²) in [6.07, 6.45) is -1.44. The van der Waals surface area contributed by atoms with Crippen LogP contribution in [0, 0.1) is 0 Å². The number of primary amides is 2. The number of carboxylic acids is 1. The van der Waals surface area contributed by atoms with Crippen molar-refractivity contribution in [1.29, 1.82) is 0 Å². The van der Waals surface area contributed by atoms with Crippen LogP contribution >= 0.6 is 0 Å². The van der Waals surface area contributed by atoms with Crippen LogP contribution in [-0.4, -0.2) is 88.2 Å². The number of aliphatic carboxylic acids is 1. The van der Waals surface area contributed by atoms with Crippen LogP contribution in [0.2, 0.25) is 0 Å². The number of hydrogen-bond acceptors (Lipinski definition) is 9. The number of carbonyl (C=O) groups is 6. The molecule has 0 rings (SSSR count). The summed E-state index contributed by atoms with van der Waals surface area (Å²) >= 11 is 0. The zero-order valence-corrected chi connectivity index (χ0v) is 15.2. The first kappa shape index (κ1) is 25.7. The maximum absolute atomic E-state index is 12.3. The molecule has 15 heteroatoms. The second-order valence-electron chi connectivity index (χ2n) is 5.83. The molecule has 4 atom stereocenters. The number of carboxylic acid groups (broad SMARTS) is 1. The van der Waals surface area contributed by atoms with Crippen molar-refractivity contribution in [2.75, 3.05) is 13.2 Å². The third kappa shape index (κ3) is 9.45. The highest BCUT2D eigenvalue weighted by atomic mass is 16.4. The molecule has 0 saturated carbocycles. The monoisotopic (exact) mass is 420 g/mol. The van der Waals surface area contributed by atoms with E-state index in [0.717, 1.165) is 0 Å². The van der Waals surface area contributed by atoms with Gasteiger partial charge >= 0.3 is 5.97 Å². The van der Waals surface area contributed by atoms with Crippen molar-refractivity contribution in [2.24, 2.45) is 17.2 Å². The van der Waals surface area contributed by atoms with Gasteiger partial charge in [0.1, 0.15) is 24.2 Å². The minimum absolute atomic E-state index is 0.699. The molecule has 0 saturated heterocycles. The molecule has 0 aromatic carbocycles. The zero-order chi connectivity index (χ0) is 22.7. The molecule has 164 valence electrons. The summed E-state index contributed by atoms with van der Waals surface area (Å²) < 4.78 is 0. The molecule has 0 aliphatic heterocycles. The molecule has 0 aromatic rings. The average Bonchev–Trinajstić information content (AvgIpc) is 2.62. The highest BCUT2D eigenvalue weighted by Gasteiger charge is 2.31. The van der Waals surface area contributed by atoms with Gasteiger partial charge in [-0.15, -0.1) is 0 Å². The molecule has 0 aliphatic carbocycles. The Kier molecular flexibility index (Phi) is 10.8. The number of nitrogens with two attached hydrogens (primary N) is 3. The van der Waals surface area contributed by atoms with Crippen molar-refractivity contribution in [1.82, 2.24) is 16.0 Å². The first-order chi connectivity index (χ1) is 13.4. The molecule has 0 radical (unpaired) electrons. The minimum Gasteiger partial charge on any atom is -0.480 e. The number of carbonyl (C=O) groups excluding carboxylic acids is 5. The fourth-order valence-corrected chi connectivity index (χ4v) is 1.91. The molecule has 5 amide bonds. The summed E-state index contributed by atoms with van der Waals surface area (Å²) in [6, 6.07) is -6.41. The Balaban J connectivity index is 5.23. The normalized spacial score (nSPS) is 14.6. The highest BCUT2D eigenvalue weighted by Crippen LogP contribution is 1.98. The van der Waals surface area contributed by atoms with E-state index in [9.17, 15) is 33.9 Å². The van der Waals surface area contributed by atoms with Crippen LogP contribution in [0.15, 0.2) is 0 Å². The maximum Gasteiger partial charge on any atom is 0.326 e. The molecule has 15 nitrogen and oxygen atoms in total. The van der Waals surface area contributed by atoms with Gasteiger partial charge in [-0.05, 0) is 0 Å². The van der Waals surface area contributed by atoms with Crippen LogP contribution in [-0.2, 0) is 28.8 Å². The van der Waals surface area contributed by atoms with Gasteiger partial charge < -0.3 is 48.5 Å². The number of amides is 5. The number of nitrogens with one attached hydrogen (secondary N) is 3. The Morgan fingerprint density at radius 1 is 0.690 bits per heavy atom. The van der Waals surface area contributed by atoms with Crippen molar-refractivity contribution in [3.63, 3.8) is 0 Å². The fraction of sp³-hybridized carbons (Fsp3) is 0.571. The van der Waals surface area contributed by atoms with E-state index >= 15 is 0 Å². The molecular formula is C14H24N6O9. The molecular weight excluding hydrogens is 396 g/mol. The van der Waals surface area contributed by atoms with Gasteiger partial charge in [0, 0.05) is 0 Å². The largest absolute Gasteiger partial charge is 0.480 e. The summed E-state index contributed by atoms with van der Waals surface area (Å²) in [5, 5.41) is 33.1. The predicted octanol–water partition coefficient (Wildman–Crippen LogP) is -6.41. The van der Waals surface area contributed by atoms with Gasteiger partial charge in [0.15, 0.2) is 0 Å². The summed E-state index contributed by atoms with van der Waals surface area (Å²) in [4.78, 5) is 69.1. The predicted molar refractivity (Wildman–Crippen MR) is 93.2 cm³/mol. The second kappa shape index (κ2) is 12.2. The molecule has 0 aromatic heterocycles. The highest BCUT2D eigenvalue weighted by molar-refractivity contribution is 5.96. The first-order valence-electron chi connectivity index (χ1n) is 8.10. The van der Waals surface area contributed by atoms with Crippen molar-refractivity contribution in [3.8, 4) is 0 Å². The Bertz CT molecular complexity index is 655. The van der Waals surface area contributed by atoms with E-state index in [2.05, 4.69) is 0 Å². The quantitative estimate of drug-likeness (QED) is 0.136. The van der Waals surface area contributed by atoms with Gasteiger partial charge in [-0.25, -0.2) is 4.79 Å². The topological polar surface area (TPSA) is 277 Å². The fourth-order valence-electron chi connectivity index (χ4n) is 1.91. The van der Waals surface area contributed by atoms with Crippen molar-refractivity contribution in [2.45, 2.75) is 37.0 Å². The zero-order valence-electron chi connectivity index (χ0n) is 15.2.